The molecule has 0 radical (unpaired) electrons. The minimum atomic E-state index is -0.319. The second kappa shape index (κ2) is 8.53. The van der Waals surface area contributed by atoms with Gasteiger partial charge in [-0.25, -0.2) is 9.97 Å². The first-order valence-corrected chi connectivity index (χ1v) is 8.97. The number of hydrogen-bond donors (Lipinski definition) is 2. The number of carbonyl (C=O) groups is 1. The zero-order valence-electron chi connectivity index (χ0n) is 15.1. The normalized spacial score (nSPS) is 14.1. The van der Waals surface area contributed by atoms with Gasteiger partial charge in [0.15, 0.2) is 11.5 Å². The van der Waals surface area contributed by atoms with Gasteiger partial charge in [0.2, 0.25) is 5.76 Å². The quantitative estimate of drug-likeness (QED) is 0.583. The summed E-state index contributed by atoms with van der Waals surface area (Å²) in [5, 5.41) is 9.73. The van der Waals surface area contributed by atoms with Crippen molar-refractivity contribution in [1.29, 1.82) is 0 Å². The van der Waals surface area contributed by atoms with E-state index in [4.69, 9.17) is 13.7 Å². The monoisotopic (exact) mass is 384 g/mol. The van der Waals surface area contributed by atoms with Crippen molar-refractivity contribution in [1.82, 2.24) is 20.4 Å². The first kappa shape index (κ1) is 18.0. The number of hydrogen-bond acceptors (Lipinski definition) is 9. The lowest BCUT2D eigenvalue weighted by Crippen LogP contribution is -2.36. The Labute approximate surface area is 160 Å². The SMILES string of the molecule is O=C(NCCNc1cc(N2CCOCC2)ncn1)c1cc(-c2ccco2)on1. The maximum absolute atomic E-state index is 12.2. The first-order valence-electron chi connectivity index (χ1n) is 8.97. The molecule has 1 amide bonds. The zero-order valence-corrected chi connectivity index (χ0v) is 15.1. The van der Waals surface area contributed by atoms with Crippen LogP contribution in [-0.4, -0.2) is 60.4 Å². The van der Waals surface area contributed by atoms with Gasteiger partial charge in [0.25, 0.3) is 5.91 Å². The van der Waals surface area contributed by atoms with Gasteiger partial charge in [-0.05, 0) is 12.1 Å². The van der Waals surface area contributed by atoms with Crippen LogP contribution in [-0.2, 0) is 4.74 Å². The highest BCUT2D eigenvalue weighted by atomic mass is 16.5. The van der Waals surface area contributed by atoms with E-state index in [1.807, 2.05) is 6.07 Å². The van der Waals surface area contributed by atoms with Crippen molar-refractivity contribution in [3.8, 4) is 11.5 Å². The molecule has 0 atom stereocenters. The molecule has 10 heteroatoms. The van der Waals surface area contributed by atoms with Crippen LogP contribution in [0.1, 0.15) is 10.5 Å². The molecule has 2 N–H and O–H groups in total. The second-order valence-electron chi connectivity index (χ2n) is 6.10. The Morgan fingerprint density at radius 2 is 2.04 bits per heavy atom. The van der Waals surface area contributed by atoms with Crippen LogP contribution in [0.4, 0.5) is 11.6 Å². The maximum Gasteiger partial charge on any atom is 0.273 e. The van der Waals surface area contributed by atoms with Gasteiger partial charge in [0, 0.05) is 38.3 Å². The van der Waals surface area contributed by atoms with Gasteiger partial charge in [-0.2, -0.15) is 0 Å². The second-order valence-corrected chi connectivity index (χ2v) is 6.10. The number of amides is 1. The van der Waals surface area contributed by atoms with Gasteiger partial charge in [0.1, 0.15) is 18.0 Å². The van der Waals surface area contributed by atoms with Crippen LogP contribution >= 0.6 is 0 Å². The van der Waals surface area contributed by atoms with E-state index in [1.54, 1.807) is 18.2 Å². The summed E-state index contributed by atoms with van der Waals surface area (Å²) in [6, 6.07) is 6.90. The number of ether oxygens (including phenoxy) is 1. The Morgan fingerprint density at radius 3 is 2.86 bits per heavy atom. The Balaban J connectivity index is 1.25. The van der Waals surface area contributed by atoms with E-state index in [1.165, 1.54) is 12.6 Å². The predicted octanol–water partition coefficient (Wildman–Crippen LogP) is 1.40. The number of nitrogens with zero attached hydrogens (tertiary/aromatic N) is 4. The summed E-state index contributed by atoms with van der Waals surface area (Å²) in [6.07, 6.45) is 3.05. The van der Waals surface area contributed by atoms with Crippen molar-refractivity contribution in [3.05, 3.63) is 42.5 Å². The number of carbonyl (C=O) groups excluding carboxylic acids is 1. The molecule has 1 aliphatic heterocycles. The molecule has 4 heterocycles. The number of morpholine rings is 1. The molecule has 10 nitrogen and oxygen atoms in total. The number of nitrogens with one attached hydrogen (secondary N) is 2. The van der Waals surface area contributed by atoms with Crippen molar-refractivity contribution in [2.24, 2.45) is 0 Å². The van der Waals surface area contributed by atoms with E-state index >= 15 is 0 Å². The maximum atomic E-state index is 12.2. The molecule has 3 aromatic heterocycles. The largest absolute Gasteiger partial charge is 0.461 e. The molecular formula is C18H20N6O4. The van der Waals surface area contributed by atoms with Crippen molar-refractivity contribution < 1.29 is 18.5 Å². The van der Waals surface area contributed by atoms with E-state index in [9.17, 15) is 4.79 Å². The van der Waals surface area contributed by atoms with Crippen LogP contribution in [0.3, 0.4) is 0 Å². The van der Waals surface area contributed by atoms with Crippen LogP contribution < -0.4 is 15.5 Å². The summed E-state index contributed by atoms with van der Waals surface area (Å²) in [4.78, 5) is 22.8. The fraction of sp³-hybridized carbons (Fsp3) is 0.333. The average molecular weight is 384 g/mol. The van der Waals surface area contributed by atoms with Crippen molar-refractivity contribution in [2.45, 2.75) is 0 Å². The van der Waals surface area contributed by atoms with E-state index in [-0.39, 0.29) is 11.6 Å². The highest BCUT2D eigenvalue weighted by Gasteiger charge is 2.15. The molecule has 0 aliphatic carbocycles. The zero-order chi connectivity index (χ0) is 19.2. The van der Waals surface area contributed by atoms with Gasteiger partial charge < -0.3 is 29.2 Å². The summed E-state index contributed by atoms with van der Waals surface area (Å²) in [7, 11) is 0. The third-order valence-electron chi connectivity index (χ3n) is 4.21. The van der Waals surface area contributed by atoms with E-state index < -0.39 is 0 Å². The molecule has 0 saturated carbocycles. The fourth-order valence-electron chi connectivity index (χ4n) is 2.78. The molecule has 0 bridgehead atoms. The highest BCUT2D eigenvalue weighted by molar-refractivity contribution is 5.92. The minimum absolute atomic E-state index is 0.197. The fourth-order valence-corrected chi connectivity index (χ4v) is 2.78. The van der Waals surface area contributed by atoms with Crippen LogP contribution in [0.25, 0.3) is 11.5 Å². The molecule has 1 aliphatic rings. The van der Waals surface area contributed by atoms with Gasteiger partial charge in [-0.15, -0.1) is 0 Å². The lowest BCUT2D eigenvalue weighted by molar-refractivity contribution is 0.0946. The summed E-state index contributed by atoms with van der Waals surface area (Å²) in [5.74, 6) is 2.17. The summed E-state index contributed by atoms with van der Waals surface area (Å²) in [5.41, 5.74) is 0.197. The number of aromatic nitrogens is 3. The molecule has 28 heavy (non-hydrogen) atoms. The van der Waals surface area contributed by atoms with E-state index in [0.717, 1.165) is 18.9 Å². The van der Waals surface area contributed by atoms with Crippen molar-refractivity contribution >= 4 is 17.5 Å². The molecule has 0 spiro atoms. The molecular weight excluding hydrogens is 364 g/mol. The molecule has 1 saturated heterocycles. The molecule has 0 unspecified atom stereocenters. The average Bonchev–Trinajstić information content (AvgIpc) is 3.44. The summed E-state index contributed by atoms with van der Waals surface area (Å²) in [6.45, 7) is 3.92. The Kier molecular flexibility index (Phi) is 5.48. The predicted molar refractivity (Wildman–Crippen MR) is 100 cm³/mol. The van der Waals surface area contributed by atoms with Crippen molar-refractivity contribution in [2.75, 3.05) is 49.6 Å². The van der Waals surface area contributed by atoms with Crippen LogP contribution in [0.2, 0.25) is 0 Å². The van der Waals surface area contributed by atoms with Crippen LogP contribution in [0.15, 0.2) is 45.8 Å². The molecule has 3 aromatic rings. The lowest BCUT2D eigenvalue weighted by Gasteiger charge is -2.27. The first-order chi connectivity index (χ1) is 13.8. The van der Waals surface area contributed by atoms with E-state index in [0.29, 0.717) is 43.6 Å². The summed E-state index contributed by atoms with van der Waals surface area (Å²) < 4.78 is 15.7. The van der Waals surface area contributed by atoms with Gasteiger partial charge in [0.05, 0.1) is 19.5 Å². The number of anilines is 2. The minimum Gasteiger partial charge on any atom is -0.461 e. The van der Waals surface area contributed by atoms with Gasteiger partial charge >= 0.3 is 0 Å². The standard InChI is InChI=1S/C18H20N6O4/c25-18(13-10-15(28-23-13)14-2-1-7-27-14)20-4-3-19-16-11-17(22-12-21-16)24-5-8-26-9-6-24/h1-2,7,10-12H,3-6,8-9H2,(H,20,25)(H,19,21,22). The molecule has 1 fully saturated rings. The Morgan fingerprint density at radius 1 is 1.14 bits per heavy atom. The van der Waals surface area contributed by atoms with Gasteiger partial charge in [-0.1, -0.05) is 5.16 Å². The summed E-state index contributed by atoms with van der Waals surface area (Å²) >= 11 is 0. The highest BCUT2D eigenvalue weighted by Crippen LogP contribution is 2.20. The number of rotatable bonds is 7. The number of furan rings is 1. The molecule has 4 rings (SSSR count). The smallest absolute Gasteiger partial charge is 0.273 e. The molecule has 0 aromatic carbocycles. The van der Waals surface area contributed by atoms with Crippen LogP contribution in [0.5, 0.6) is 0 Å². The lowest BCUT2D eigenvalue weighted by atomic mass is 10.3. The Hall–Kier alpha value is -3.40. The topological polar surface area (TPSA) is 119 Å². The molecule has 146 valence electrons. The Bertz CT molecular complexity index is 904. The van der Waals surface area contributed by atoms with E-state index in [2.05, 4.69) is 30.7 Å². The third kappa shape index (κ3) is 4.29. The third-order valence-corrected chi connectivity index (χ3v) is 4.21. The van der Waals surface area contributed by atoms with Crippen molar-refractivity contribution in [3.63, 3.8) is 0 Å². The van der Waals surface area contributed by atoms with Gasteiger partial charge in [-0.3, -0.25) is 4.79 Å². The van der Waals surface area contributed by atoms with Crippen LogP contribution in [0, 0.1) is 0 Å².